The monoisotopic (exact) mass is 171 g/mol. The van der Waals surface area contributed by atoms with Crippen LogP contribution in [-0.2, 0) is 4.79 Å². The van der Waals surface area contributed by atoms with Crippen molar-refractivity contribution >= 4 is 5.97 Å². The molecule has 0 unspecified atom stereocenters. The molecule has 1 aliphatic heterocycles. The molecule has 1 aliphatic rings. The van der Waals surface area contributed by atoms with Gasteiger partial charge in [-0.15, -0.1) is 0 Å². The Morgan fingerprint density at radius 2 is 1.92 bits per heavy atom. The largest absolute Gasteiger partial charge is 0.480 e. The van der Waals surface area contributed by atoms with Crippen LogP contribution in [-0.4, -0.2) is 35.6 Å². The molecule has 0 radical (unpaired) electrons. The summed E-state index contributed by atoms with van der Waals surface area (Å²) in [4.78, 5) is 12.3. The molecular weight excluding hydrogens is 154 g/mol. The SMILES string of the molecule is CCC1(CC)CN(CC(=O)O)C1. The van der Waals surface area contributed by atoms with Crippen LogP contribution in [0.25, 0.3) is 0 Å². The molecule has 0 bridgehead atoms. The minimum absolute atomic E-state index is 0.210. The van der Waals surface area contributed by atoms with E-state index in [2.05, 4.69) is 13.8 Å². The normalized spacial score (nSPS) is 21.8. The lowest BCUT2D eigenvalue weighted by atomic mass is 9.75. The van der Waals surface area contributed by atoms with Crippen LogP contribution >= 0.6 is 0 Å². The molecule has 0 amide bonds. The van der Waals surface area contributed by atoms with Crippen molar-refractivity contribution in [3.63, 3.8) is 0 Å². The molecule has 70 valence electrons. The Morgan fingerprint density at radius 1 is 1.42 bits per heavy atom. The summed E-state index contributed by atoms with van der Waals surface area (Å²) in [5.41, 5.74) is 0.426. The third kappa shape index (κ3) is 1.78. The van der Waals surface area contributed by atoms with Crippen LogP contribution in [0, 0.1) is 5.41 Å². The van der Waals surface area contributed by atoms with Crippen molar-refractivity contribution in [2.45, 2.75) is 26.7 Å². The van der Waals surface area contributed by atoms with E-state index in [1.807, 2.05) is 4.90 Å². The van der Waals surface area contributed by atoms with Crippen LogP contribution in [0.1, 0.15) is 26.7 Å². The molecule has 1 rings (SSSR count). The highest BCUT2D eigenvalue weighted by Gasteiger charge is 2.39. The number of hydrogen-bond acceptors (Lipinski definition) is 2. The zero-order chi connectivity index (χ0) is 9.19. The first-order valence-corrected chi connectivity index (χ1v) is 4.56. The second-order valence-electron chi connectivity index (χ2n) is 3.75. The Hall–Kier alpha value is -0.570. The Balaban J connectivity index is 2.30. The third-order valence-corrected chi connectivity index (χ3v) is 2.98. The molecule has 1 saturated heterocycles. The first-order chi connectivity index (χ1) is 5.62. The highest BCUT2D eigenvalue weighted by atomic mass is 16.4. The minimum Gasteiger partial charge on any atom is -0.480 e. The first-order valence-electron chi connectivity index (χ1n) is 4.56. The number of carboxylic acids is 1. The molecule has 0 aromatic rings. The van der Waals surface area contributed by atoms with Gasteiger partial charge in [0.2, 0.25) is 0 Å². The topological polar surface area (TPSA) is 40.5 Å². The van der Waals surface area contributed by atoms with E-state index in [0.717, 1.165) is 13.1 Å². The second-order valence-corrected chi connectivity index (χ2v) is 3.75. The maximum absolute atomic E-state index is 10.3. The number of carbonyl (C=O) groups is 1. The summed E-state index contributed by atoms with van der Waals surface area (Å²) in [7, 11) is 0. The molecule has 0 aromatic heterocycles. The molecule has 0 saturated carbocycles. The molecule has 0 atom stereocenters. The quantitative estimate of drug-likeness (QED) is 0.690. The fourth-order valence-electron chi connectivity index (χ4n) is 1.90. The molecule has 0 aliphatic carbocycles. The lowest BCUT2D eigenvalue weighted by molar-refractivity contribution is -0.142. The predicted octanol–water partition coefficient (Wildman–Crippen LogP) is 1.19. The highest BCUT2D eigenvalue weighted by Crippen LogP contribution is 2.36. The Kier molecular flexibility index (Phi) is 2.73. The van der Waals surface area contributed by atoms with Gasteiger partial charge in [0.15, 0.2) is 0 Å². The molecule has 0 aromatic carbocycles. The van der Waals surface area contributed by atoms with E-state index < -0.39 is 5.97 Å². The molecule has 3 heteroatoms. The predicted molar refractivity (Wildman–Crippen MR) is 47.1 cm³/mol. The van der Waals surface area contributed by atoms with Crippen molar-refractivity contribution in [1.82, 2.24) is 4.90 Å². The summed E-state index contributed by atoms with van der Waals surface area (Å²) in [6.45, 7) is 6.50. The Bertz CT molecular complexity index is 167. The van der Waals surface area contributed by atoms with Gasteiger partial charge in [0.25, 0.3) is 0 Å². The minimum atomic E-state index is -0.712. The molecule has 1 fully saturated rings. The van der Waals surface area contributed by atoms with Gasteiger partial charge in [-0.05, 0) is 18.3 Å². The number of carboxylic acid groups (broad SMARTS) is 1. The van der Waals surface area contributed by atoms with E-state index in [1.165, 1.54) is 12.8 Å². The molecule has 1 N–H and O–H groups in total. The highest BCUT2D eigenvalue weighted by molar-refractivity contribution is 5.69. The number of nitrogens with zero attached hydrogens (tertiary/aromatic N) is 1. The van der Waals surface area contributed by atoms with E-state index in [0.29, 0.717) is 5.41 Å². The summed E-state index contributed by atoms with van der Waals surface area (Å²) < 4.78 is 0. The average Bonchev–Trinajstić information content (AvgIpc) is 1.95. The van der Waals surface area contributed by atoms with Crippen LogP contribution in [0.5, 0.6) is 0 Å². The van der Waals surface area contributed by atoms with Gasteiger partial charge in [0.05, 0.1) is 6.54 Å². The molecular formula is C9H17NO2. The summed E-state index contributed by atoms with van der Waals surface area (Å²) in [5, 5.41) is 8.52. The van der Waals surface area contributed by atoms with E-state index >= 15 is 0 Å². The van der Waals surface area contributed by atoms with Crippen molar-refractivity contribution in [2.75, 3.05) is 19.6 Å². The number of rotatable bonds is 4. The van der Waals surface area contributed by atoms with E-state index in [4.69, 9.17) is 5.11 Å². The smallest absolute Gasteiger partial charge is 0.317 e. The molecule has 3 nitrogen and oxygen atoms in total. The number of aliphatic carboxylic acids is 1. The summed E-state index contributed by atoms with van der Waals surface area (Å²) >= 11 is 0. The van der Waals surface area contributed by atoms with E-state index in [1.54, 1.807) is 0 Å². The summed E-state index contributed by atoms with van der Waals surface area (Å²) in [5.74, 6) is -0.712. The molecule has 12 heavy (non-hydrogen) atoms. The lowest BCUT2D eigenvalue weighted by Crippen LogP contribution is -2.56. The van der Waals surface area contributed by atoms with Gasteiger partial charge < -0.3 is 5.11 Å². The molecule has 0 spiro atoms. The van der Waals surface area contributed by atoms with Gasteiger partial charge in [-0.3, -0.25) is 9.69 Å². The number of hydrogen-bond donors (Lipinski definition) is 1. The van der Waals surface area contributed by atoms with Gasteiger partial charge in [-0.2, -0.15) is 0 Å². The van der Waals surface area contributed by atoms with Gasteiger partial charge in [-0.25, -0.2) is 0 Å². The van der Waals surface area contributed by atoms with Gasteiger partial charge in [-0.1, -0.05) is 13.8 Å². The van der Waals surface area contributed by atoms with E-state index in [9.17, 15) is 4.79 Å². The van der Waals surface area contributed by atoms with Crippen LogP contribution < -0.4 is 0 Å². The van der Waals surface area contributed by atoms with Gasteiger partial charge in [0, 0.05) is 13.1 Å². The summed E-state index contributed by atoms with van der Waals surface area (Å²) in [6, 6.07) is 0. The van der Waals surface area contributed by atoms with Crippen molar-refractivity contribution < 1.29 is 9.90 Å². The van der Waals surface area contributed by atoms with E-state index in [-0.39, 0.29) is 6.54 Å². The fraction of sp³-hybridized carbons (Fsp3) is 0.889. The van der Waals surface area contributed by atoms with Crippen LogP contribution in [0.3, 0.4) is 0 Å². The number of likely N-dealkylation sites (tertiary alicyclic amines) is 1. The van der Waals surface area contributed by atoms with Crippen LogP contribution in [0.2, 0.25) is 0 Å². The average molecular weight is 171 g/mol. The van der Waals surface area contributed by atoms with Crippen molar-refractivity contribution in [2.24, 2.45) is 5.41 Å². The van der Waals surface area contributed by atoms with Crippen molar-refractivity contribution in [3.05, 3.63) is 0 Å². The van der Waals surface area contributed by atoms with Crippen LogP contribution in [0.15, 0.2) is 0 Å². The summed E-state index contributed by atoms with van der Waals surface area (Å²) in [6.07, 6.45) is 2.33. The fourth-order valence-corrected chi connectivity index (χ4v) is 1.90. The van der Waals surface area contributed by atoms with Crippen molar-refractivity contribution in [1.29, 1.82) is 0 Å². The van der Waals surface area contributed by atoms with Crippen LogP contribution in [0.4, 0.5) is 0 Å². The maximum atomic E-state index is 10.3. The standard InChI is InChI=1S/C9H17NO2/c1-3-9(4-2)6-10(7-9)5-8(11)12/h3-7H2,1-2H3,(H,11,12). The van der Waals surface area contributed by atoms with Gasteiger partial charge in [0.1, 0.15) is 0 Å². The maximum Gasteiger partial charge on any atom is 0.317 e. The Labute approximate surface area is 73.4 Å². The zero-order valence-corrected chi connectivity index (χ0v) is 7.84. The first kappa shape index (κ1) is 9.52. The lowest BCUT2D eigenvalue weighted by Gasteiger charge is -2.49. The van der Waals surface area contributed by atoms with Gasteiger partial charge >= 0.3 is 5.97 Å². The van der Waals surface area contributed by atoms with Crippen molar-refractivity contribution in [3.8, 4) is 0 Å². The zero-order valence-electron chi connectivity index (χ0n) is 7.84. The molecule has 1 heterocycles. The Morgan fingerprint density at radius 3 is 2.25 bits per heavy atom. The second kappa shape index (κ2) is 3.44. The third-order valence-electron chi connectivity index (χ3n) is 2.98.